The number of pyridine rings is 1. The Morgan fingerprint density at radius 3 is 2.93 bits per heavy atom. The monoisotopic (exact) mass is 410 g/mol. The standard InChI is InChI=1S/C22H26N4O4/c1-12(2)29-17-8-15-14(7-16(17)19(23)27)5-6-24-20(15)26-10-18-22(11-26,9-13-3-4-13)30-21(28)25-18/h5-8,12-13,18H,3-4,9-11H2,1-2H3,(H2,23,27)(H,25,28). The summed E-state index contributed by atoms with van der Waals surface area (Å²) in [6.45, 7) is 5.03. The molecule has 2 amide bonds. The van der Waals surface area contributed by atoms with Gasteiger partial charge >= 0.3 is 6.09 Å². The number of rotatable bonds is 6. The van der Waals surface area contributed by atoms with Crippen LogP contribution in [-0.4, -0.2) is 47.8 Å². The maximum Gasteiger partial charge on any atom is 0.408 e. The molecular weight excluding hydrogens is 384 g/mol. The van der Waals surface area contributed by atoms with Crippen LogP contribution in [0.1, 0.15) is 43.5 Å². The van der Waals surface area contributed by atoms with Crippen LogP contribution in [-0.2, 0) is 4.74 Å². The van der Waals surface area contributed by atoms with Gasteiger partial charge in [0.1, 0.15) is 11.6 Å². The minimum atomic E-state index is -0.527. The largest absolute Gasteiger partial charge is 0.490 e. The molecule has 30 heavy (non-hydrogen) atoms. The van der Waals surface area contributed by atoms with E-state index in [9.17, 15) is 9.59 Å². The highest BCUT2D eigenvalue weighted by molar-refractivity contribution is 6.03. The normalized spacial score (nSPS) is 25.4. The van der Waals surface area contributed by atoms with Crippen LogP contribution in [0.4, 0.5) is 10.6 Å². The van der Waals surface area contributed by atoms with Gasteiger partial charge in [0.15, 0.2) is 5.60 Å². The first kappa shape index (κ1) is 19.0. The van der Waals surface area contributed by atoms with Gasteiger partial charge in [0, 0.05) is 18.1 Å². The fourth-order valence-electron chi connectivity index (χ4n) is 4.72. The van der Waals surface area contributed by atoms with E-state index in [-0.39, 0.29) is 18.2 Å². The highest BCUT2D eigenvalue weighted by Crippen LogP contribution is 2.45. The number of ether oxygens (including phenoxy) is 2. The second-order valence-electron chi connectivity index (χ2n) is 8.91. The zero-order chi connectivity index (χ0) is 21.0. The molecule has 8 nitrogen and oxygen atoms in total. The number of carbonyl (C=O) groups is 2. The average molecular weight is 410 g/mol. The molecule has 2 unspecified atom stereocenters. The fraction of sp³-hybridized carbons (Fsp3) is 0.500. The molecule has 5 rings (SSSR count). The molecule has 1 aromatic carbocycles. The molecule has 0 bridgehead atoms. The fourth-order valence-corrected chi connectivity index (χ4v) is 4.72. The molecule has 3 aliphatic rings. The van der Waals surface area contributed by atoms with E-state index in [1.165, 1.54) is 12.8 Å². The van der Waals surface area contributed by atoms with Crippen molar-refractivity contribution in [1.29, 1.82) is 0 Å². The molecular formula is C22H26N4O4. The second kappa shape index (κ2) is 6.75. The zero-order valence-electron chi connectivity index (χ0n) is 17.2. The number of alkyl carbamates (subject to hydrolysis) is 1. The number of hydrogen-bond donors (Lipinski definition) is 2. The number of nitrogens with one attached hydrogen (secondary N) is 1. The van der Waals surface area contributed by atoms with Crippen molar-refractivity contribution in [3.8, 4) is 5.75 Å². The lowest BCUT2D eigenvalue weighted by atomic mass is 9.92. The Bertz CT molecular complexity index is 1040. The SMILES string of the molecule is CC(C)Oc1cc2c(N3CC4NC(=O)OC4(CC4CC4)C3)nccc2cc1C(N)=O. The minimum Gasteiger partial charge on any atom is -0.490 e. The maximum absolute atomic E-state index is 12.0. The van der Waals surface area contributed by atoms with Crippen LogP contribution in [0.15, 0.2) is 24.4 Å². The van der Waals surface area contributed by atoms with Gasteiger partial charge in [0.2, 0.25) is 0 Å². The number of nitrogens with two attached hydrogens (primary N) is 1. The molecule has 0 radical (unpaired) electrons. The zero-order valence-corrected chi connectivity index (χ0v) is 17.2. The number of amides is 2. The number of carbonyl (C=O) groups excluding carboxylic acids is 2. The van der Waals surface area contributed by atoms with Crippen molar-refractivity contribution in [2.45, 2.75) is 50.9 Å². The van der Waals surface area contributed by atoms with Crippen molar-refractivity contribution in [3.63, 3.8) is 0 Å². The highest BCUT2D eigenvalue weighted by Gasteiger charge is 2.57. The molecule has 3 N–H and O–H groups in total. The highest BCUT2D eigenvalue weighted by atomic mass is 16.6. The number of aromatic nitrogens is 1. The number of primary amides is 1. The van der Waals surface area contributed by atoms with Crippen molar-refractivity contribution >= 4 is 28.6 Å². The van der Waals surface area contributed by atoms with Crippen LogP contribution in [0.3, 0.4) is 0 Å². The summed E-state index contributed by atoms with van der Waals surface area (Å²) in [4.78, 5) is 30.7. The molecule has 3 fully saturated rings. The first-order valence-corrected chi connectivity index (χ1v) is 10.5. The van der Waals surface area contributed by atoms with Crippen molar-refractivity contribution in [3.05, 3.63) is 30.0 Å². The van der Waals surface area contributed by atoms with Crippen LogP contribution >= 0.6 is 0 Å². The molecule has 2 atom stereocenters. The van der Waals surface area contributed by atoms with Crippen LogP contribution < -0.4 is 20.7 Å². The lowest BCUT2D eigenvalue weighted by molar-refractivity contribution is 0.0485. The molecule has 1 aromatic heterocycles. The smallest absolute Gasteiger partial charge is 0.408 e. The van der Waals surface area contributed by atoms with Crippen molar-refractivity contribution < 1.29 is 19.1 Å². The Labute approximate surface area is 174 Å². The summed E-state index contributed by atoms with van der Waals surface area (Å²) < 4.78 is 11.7. The Kier molecular flexibility index (Phi) is 4.27. The van der Waals surface area contributed by atoms with Crippen LogP contribution in [0.2, 0.25) is 0 Å². The van der Waals surface area contributed by atoms with E-state index in [1.54, 1.807) is 12.3 Å². The summed E-state index contributed by atoms with van der Waals surface area (Å²) in [5.74, 6) is 1.35. The molecule has 0 spiro atoms. The van der Waals surface area contributed by atoms with E-state index in [1.807, 2.05) is 26.0 Å². The van der Waals surface area contributed by atoms with E-state index in [2.05, 4.69) is 15.2 Å². The topological polar surface area (TPSA) is 107 Å². The Morgan fingerprint density at radius 1 is 1.43 bits per heavy atom. The van der Waals surface area contributed by atoms with Crippen molar-refractivity contribution in [2.24, 2.45) is 11.7 Å². The third kappa shape index (κ3) is 3.20. The molecule has 2 aliphatic heterocycles. The van der Waals surface area contributed by atoms with E-state index in [0.717, 1.165) is 23.0 Å². The van der Waals surface area contributed by atoms with Crippen molar-refractivity contribution in [1.82, 2.24) is 10.3 Å². The van der Waals surface area contributed by atoms with Gasteiger partial charge in [-0.2, -0.15) is 0 Å². The summed E-state index contributed by atoms with van der Waals surface area (Å²) in [5, 5.41) is 4.73. The summed E-state index contributed by atoms with van der Waals surface area (Å²) in [7, 11) is 0. The van der Waals surface area contributed by atoms with Gasteiger partial charge in [-0.25, -0.2) is 9.78 Å². The number of fused-ring (bicyclic) bond motifs is 2. The number of anilines is 1. The quantitative estimate of drug-likeness (QED) is 0.758. The summed E-state index contributed by atoms with van der Waals surface area (Å²) in [5.41, 5.74) is 5.43. The van der Waals surface area contributed by atoms with E-state index < -0.39 is 11.5 Å². The van der Waals surface area contributed by atoms with Crippen LogP contribution in [0.25, 0.3) is 10.8 Å². The van der Waals surface area contributed by atoms with Crippen LogP contribution in [0, 0.1) is 5.92 Å². The number of nitrogens with zero attached hydrogens (tertiary/aromatic N) is 2. The van der Waals surface area contributed by atoms with E-state index in [0.29, 0.717) is 30.3 Å². The Balaban J connectivity index is 1.54. The van der Waals surface area contributed by atoms with E-state index >= 15 is 0 Å². The summed E-state index contributed by atoms with van der Waals surface area (Å²) >= 11 is 0. The second-order valence-corrected chi connectivity index (χ2v) is 8.91. The Morgan fingerprint density at radius 2 is 2.23 bits per heavy atom. The Hall–Kier alpha value is -3.03. The van der Waals surface area contributed by atoms with Gasteiger partial charge in [-0.15, -0.1) is 0 Å². The van der Waals surface area contributed by atoms with Gasteiger partial charge in [-0.05, 0) is 49.8 Å². The van der Waals surface area contributed by atoms with Gasteiger partial charge in [-0.3, -0.25) is 4.79 Å². The summed E-state index contributed by atoms with van der Waals surface area (Å²) in [6.07, 6.45) is 4.58. The lowest BCUT2D eigenvalue weighted by Crippen LogP contribution is -2.42. The van der Waals surface area contributed by atoms with Gasteiger partial charge < -0.3 is 25.4 Å². The summed E-state index contributed by atoms with van der Waals surface area (Å²) in [6, 6.07) is 5.41. The molecule has 8 heteroatoms. The van der Waals surface area contributed by atoms with Crippen molar-refractivity contribution in [2.75, 3.05) is 18.0 Å². The van der Waals surface area contributed by atoms with Gasteiger partial charge in [0.05, 0.1) is 24.3 Å². The third-order valence-electron chi connectivity index (χ3n) is 6.19. The first-order valence-electron chi connectivity index (χ1n) is 10.5. The predicted octanol–water partition coefficient (Wildman–Crippen LogP) is 2.59. The van der Waals surface area contributed by atoms with E-state index in [4.69, 9.17) is 15.2 Å². The molecule has 158 valence electrons. The molecule has 2 aromatic rings. The maximum atomic E-state index is 12.0. The van der Waals surface area contributed by atoms with Gasteiger partial charge in [-0.1, -0.05) is 12.8 Å². The third-order valence-corrected chi connectivity index (χ3v) is 6.19. The lowest BCUT2D eigenvalue weighted by Gasteiger charge is -2.27. The molecule has 2 saturated heterocycles. The first-order chi connectivity index (χ1) is 14.3. The molecule has 1 aliphatic carbocycles. The number of hydrogen-bond acceptors (Lipinski definition) is 6. The molecule has 1 saturated carbocycles. The predicted molar refractivity (Wildman–Crippen MR) is 112 cm³/mol. The number of benzene rings is 1. The van der Waals surface area contributed by atoms with Crippen LogP contribution in [0.5, 0.6) is 5.75 Å². The van der Waals surface area contributed by atoms with Gasteiger partial charge in [0.25, 0.3) is 5.91 Å². The minimum absolute atomic E-state index is 0.0565. The average Bonchev–Trinajstić information content (AvgIpc) is 3.34. The molecule has 3 heterocycles.